The zero-order chi connectivity index (χ0) is 21.9. The van der Waals surface area contributed by atoms with E-state index in [9.17, 15) is 18.0 Å². The summed E-state index contributed by atoms with van der Waals surface area (Å²) < 4.78 is 39.4. The Hall–Kier alpha value is -2.64. The predicted molar refractivity (Wildman–Crippen MR) is 115 cm³/mol. The molecule has 0 saturated heterocycles. The molecule has 162 valence electrons. The SMILES string of the molecule is CNC.Fc1ccc(-c2cc3cc(F)cc(F)c3[nH]2)cc1.O=CCNCC1CCC1. The number of nitrogens with one attached hydrogen (secondary N) is 3. The molecule has 1 aliphatic rings. The van der Waals surface area contributed by atoms with Crippen LogP contribution in [0.4, 0.5) is 13.2 Å². The van der Waals surface area contributed by atoms with Gasteiger partial charge in [-0.2, -0.15) is 0 Å². The maximum absolute atomic E-state index is 13.5. The van der Waals surface area contributed by atoms with E-state index >= 15 is 0 Å². The molecule has 3 aromatic rings. The van der Waals surface area contributed by atoms with E-state index in [1.54, 1.807) is 18.2 Å². The van der Waals surface area contributed by atoms with Crippen LogP contribution in [0, 0.1) is 23.4 Å². The molecule has 2 aromatic carbocycles. The lowest BCUT2D eigenvalue weighted by Crippen LogP contribution is -2.28. The van der Waals surface area contributed by atoms with Gasteiger partial charge in [0.15, 0.2) is 0 Å². The van der Waals surface area contributed by atoms with Crippen LogP contribution in [0.2, 0.25) is 0 Å². The van der Waals surface area contributed by atoms with Crippen molar-refractivity contribution in [2.24, 2.45) is 5.92 Å². The van der Waals surface area contributed by atoms with Crippen molar-refractivity contribution in [1.29, 1.82) is 0 Å². The number of aldehydes is 1. The third kappa shape index (κ3) is 7.00. The van der Waals surface area contributed by atoms with E-state index in [1.807, 2.05) is 14.1 Å². The van der Waals surface area contributed by atoms with Crippen LogP contribution in [0.25, 0.3) is 22.2 Å². The Morgan fingerprint density at radius 3 is 2.27 bits per heavy atom. The molecule has 0 radical (unpaired) electrons. The van der Waals surface area contributed by atoms with Gasteiger partial charge in [-0.3, -0.25) is 0 Å². The van der Waals surface area contributed by atoms with E-state index in [1.165, 1.54) is 37.5 Å². The lowest BCUT2D eigenvalue weighted by atomic mass is 9.85. The Bertz CT molecular complexity index is 921. The van der Waals surface area contributed by atoms with Crippen molar-refractivity contribution in [3.05, 3.63) is 59.9 Å². The molecule has 0 unspecified atom stereocenters. The highest BCUT2D eigenvalue weighted by atomic mass is 19.1. The molecule has 0 bridgehead atoms. The lowest BCUT2D eigenvalue weighted by Gasteiger charge is -2.24. The number of H-pyrrole nitrogens is 1. The molecule has 1 aliphatic carbocycles. The van der Waals surface area contributed by atoms with Gasteiger partial charge in [-0.05, 0) is 81.4 Å². The van der Waals surface area contributed by atoms with Crippen molar-refractivity contribution in [1.82, 2.24) is 15.6 Å². The normalized spacial score (nSPS) is 13.0. The van der Waals surface area contributed by atoms with Crippen LogP contribution in [0.1, 0.15) is 19.3 Å². The van der Waals surface area contributed by atoms with Crippen molar-refractivity contribution in [2.75, 3.05) is 27.2 Å². The van der Waals surface area contributed by atoms with E-state index < -0.39 is 11.6 Å². The van der Waals surface area contributed by atoms with Crippen molar-refractivity contribution in [2.45, 2.75) is 19.3 Å². The standard InChI is InChI=1S/C14H8F3N.C7H13NO.C2H7N/c15-10-3-1-8(2-4-10)13-6-9-5-11(16)7-12(17)14(9)18-13;9-5-4-8-6-7-2-1-3-7;1-3-2/h1-7,18H;5,7-8H,1-4,6H2;3H,1-2H3. The van der Waals surface area contributed by atoms with Crippen LogP contribution < -0.4 is 10.6 Å². The monoisotopic (exact) mass is 419 g/mol. The summed E-state index contributed by atoms with van der Waals surface area (Å²) in [5.41, 5.74) is 1.58. The van der Waals surface area contributed by atoms with Crippen LogP contribution in [0.3, 0.4) is 0 Å². The number of hydrogen-bond acceptors (Lipinski definition) is 3. The van der Waals surface area contributed by atoms with Crippen LogP contribution in [-0.2, 0) is 4.79 Å². The van der Waals surface area contributed by atoms with Gasteiger partial charge >= 0.3 is 0 Å². The fourth-order valence-corrected chi connectivity index (χ4v) is 2.99. The largest absolute Gasteiger partial charge is 0.352 e. The van der Waals surface area contributed by atoms with E-state index in [0.717, 1.165) is 24.8 Å². The highest BCUT2D eigenvalue weighted by Gasteiger charge is 2.15. The number of carbonyl (C=O) groups is 1. The van der Waals surface area contributed by atoms with Gasteiger partial charge < -0.3 is 20.4 Å². The second-order valence-corrected chi connectivity index (χ2v) is 7.16. The molecule has 1 aromatic heterocycles. The van der Waals surface area contributed by atoms with Gasteiger partial charge in [0.25, 0.3) is 0 Å². The molecule has 4 rings (SSSR count). The predicted octanol–water partition coefficient (Wildman–Crippen LogP) is 4.66. The second-order valence-electron chi connectivity index (χ2n) is 7.16. The number of benzene rings is 2. The average molecular weight is 419 g/mol. The molecule has 1 heterocycles. The number of rotatable bonds is 5. The van der Waals surface area contributed by atoms with Crippen molar-refractivity contribution < 1.29 is 18.0 Å². The van der Waals surface area contributed by atoms with Gasteiger partial charge in [0.05, 0.1) is 12.1 Å². The fraction of sp³-hybridized carbons (Fsp3) is 0.348. The minimum Gasteiger partial charge on any atom is -0.352 e. The zero-order valence-corrected chi connectivity index (χ0v) is 17.3. The Morgan fingerprint density at radius 1 is 1.03 bits per heavy atom. The molecule has 4 nitrogen and oxygen atoms in total. The third-order valence-electron chi connectivity index (χ3n) is 4.69. The molecule has 0 atom stereocenters. The van der Waals surface area contributed by atoms with Crippen LogP contribution in [-0.4, -0.2) is 38.5 Å². The van der Waals surface area contributed by atoms with Crippen molar-refractivity contribution in [3.8, 4) is 11.3 Å². The topological polar surface area (TPSA) is 56.9 Å². The molecular formula is C23H28F3N3O. The second kappa shape index (κ2) is 12.1. The van der Waals surface area contributed by atoms with Crippen LogP contribution in [0.15, 0.2) is 42.5 Å². The van der Waals surface area contributed by atoms with E-state index in [0.29, 0.717) is 23.2 Å². The fourth-order valence-electron chi connectivity index (χ4n) is 2.99. The molecule has 3 N–H and O–H groups in total. The lowest BCUT2D eigenvalue weighted by molar-refractivity contribution is -0.107. The van der Waals surface area contributed by atoms with Crippen molar-refractivity contribution >= 4 is 17.2 Å². The number of carbonyl (C=O) groups excluding carboxylic acids is 1. The minimum absolute atomic E-state index is 0.246. The van der Waals surface area contributed by atoms with Gasteiger partial charge in [0.1, 0.15) is 23.7 Å². The highest BCUT2D eigenvalue weighted by Crippen LogP contribution is 2.27. The Kier molecular flexibility index (Phi) is 9.57. The summed E-state index contributed by atoms with van der Waals surface area (Å²) >= 11 is 0. The van der Waals surface area contributed by atoms with Crippen LogP contribution >= 0.6 is 0 Å². The molecule has 0 spiro atoms. The molecule has 0 amide bonds. The van der Waals surface area contributed by atoms with Gasteiger partial charge in [0.2, 0.25) is 0 Å². The molecule has 30 heavy (non-hydrogen) atoms. The summed E-state index contributed by atoms with van der Waals surface area (Å²) in [6.45, 7) is 1.56. The summed E-state index contributed by atoms with van der Waals surface area (Å²) in [4.78, 5) is 12.7. The summed E-state index contributed by atoms with van der Waals surface area (Å²) in [6, 6.07) is 9.50. The number of halogens is 3. The zero-order valence-electron chi connectivity index (χ0n) is 17.3. The Morgan fingerprint density at radius 2 is 1.70 bits per heavy atom. The Balaban J connectivity index is 0.000000224. The first-order valence-electron chi connectivity index (χ1n) is 9.95. The first kappa shape index (κ1) is 23.6. The average Bonchev–Trinajstić information content (AvgIpc) is 3.10. The molecule has 7 heteroatoms. The summed E-state index contributed by atoms with van der Waals surface area (Å²) in [5, 5.41) is 6.27. The number of aromatic amines is 1. The first-order chi connectivity index (χ1) is 14.5. The van der Waals surface area contributed by atoms with Gasteiger partial charge in [-0.1, -0.05) is 6.42 Å². The highest BCUT2D eigenvalue weighted by molar-refractivity contribution is 5.86. The summed E-state index contributed by atoms with van der Waals surface area (Å²) in [7, 11) is 3.75. The number of hydrogen-bond donors (Lipinski definition) is 3. The van der Waals surface area contributed by atoms with Gasteiger partial charge in [-0.25, -0.2) is 13.2 Å². The first-order valence-corrected chi connectivity index (χ1v) is 9.95. The maximum atomic E-state index is 13.5. The molecule has 0 aliphatic heterocycles. The smallest absolute Gasteiger partial charge is 0.150 e. The molecular weight excluding hydrogens is 391 g/mol. The summed E-state index contributed by atoms with van der Waals surface area (Å²) in [5.74, 6) is -0.736. The number of aromatic nitrogens is 1. The molecule has 1 fully saturated rings. The summed E-state index contributed by atoms with van der Waals surface area (Å²) in [6.07, 6.45) is 5.00. The van der Waals surface area contributed by atoms with Crippen LogP contribution in [0.5, 0.6) is 0 Å². The van der Waals surface area contributed by atoms with Gasteiger partial charge in [-0.15, -0.1) is 0 Å². The van der Waals surface area contributed by atoms with E-state index in [4.69, 9.17) is 0 Å². The maximum Gasteiger partial charge on any atom is 0.150 e. The third-order valence-corrected chi connectivity index (χ3v) is 4.69. The Labute approximate surface area is 174 Å². The number of fused-ring (bicyclic) bond motifs is 1. The minimum atomic E-state index is -0.640. The quantitative estimate of drug-likeness (QED) is 0.416. The molecule has 1 saturated carbocycles. The van der Waals surface area contributed by atoms with Crippen molar-refractivity contribution in [3.63, 3.8) is 0 Å². The van der Waals surface area contributed by atoms with E-state index in [2.05, 4.69) is 15.6 Å². The van der Waals surface area contributed by atoms with E-state index in [-0.39, 0.29) is 11.3 Å². The van der Waals surface area contributed by atoms with Gasteiger partial charge in [0, 0.05) is 17.1 Å².